The summed E-state index contributed by atoms with van der Waals surface area (Å²) in [7, 11) is 0. The number of nitrogens with zero attached hydrogens (tertiary/aromatic N) is 2. The van der Waals surface area contributed by atoms with E-state index < -0.39 is 53.6 Å². The van der Waals surface area contributed by atoms with E-state index in [0.29, 0.717) is 6.42 Å². The smallest absolute Gasteiger partial charge is 0.408 e. The summed E-state index contributed by atoms with van der Waals surface area (Å²) in [6.07, 6.45) is 1.19. The van der Waals surface area contributed by atoms with Crippen LogP contribution in [0.5, 0.6) is 0 Å². The van der Waals surface area contributed by atoms with Crippen LogP contribution in [0.4, 0.5) is 9.59 Å². The number of ether oxygens (including phenoxy) is 1. The maximum absolute atomic E-state index is 14.2. The third-order valence-electron chi connectivity index (χ3n) is 8.03. The Morgan fingerprint density at radius 3 is 2.06 bits per heavy atom. The van der Waals surface area contributed by atoms with Gasteiger partial charge in [-0.3, -0.25) is 19.7 Å². The molecular weight excluding hydrogens is 728 g/mol. The van der Waals surface area contributed by atoms with E-state index >= 15 is 0 Å². The van der Waals surface area contributed by atoms with Gasteiger partial charge in [-0.1, -0.05) is 101 Å². The lowest BCUT2D eigenvalue weighted by atomic mass is 9.99. The van der Waals surface area contributed by atoms with E-state index in [1.165, 1.54) is 6.21 Å². The summed E-state index contributed by atoms with van der Waals surface area (Å²) < 4.78 is 6.33. The van der Waals surface area contributed by atoms with Gasteiger partial charge in [0, 0.05) is 23.5 Å². The number of amides is 6. The van der Waals surface area contributed by atoms with E-state index in [0.717, 1.165) is 36.9 Å². The van der Waals surface area contributed by atoms with Gasteiger partial charge in [-0.25, -0.2) is 14.6 Å². The summed E-state index contributed by atoms with van der Waals surface area (Å²) >= 11 is 3.42. The zero-order chi connectivity index (χ0) is 37.3. The molecule has 12 nitrogen and oxygen atoms in total. The van der Waals surface area contributed by atoms with Crippen LogP contribution in [0.2, 0.25) is 0 Å². The van der Waals surface area contributed by atoms with Crippen LogP contribution in [-0.4, -0.2) is 71.3 Å². The number of nitrogens with one attached hydrogen (secondary N) is 4. The van der Waals surface area contributed by atoms with Crippen LogP contribution < -0.4 is 21.3 Å². The van der Waals surface area contributed by atoms with E-state index in [1.807, 2.05) is 97.1 Å². The standard InChI is InChI=1S/C39H41BrN6O6/c1-39(2,3)52-38(51)44-33(21-26-14-17-30(40)18-15-26)36(49)43-32(22-27-13-16-28-11-7-8-12-29(28)19-27)35(48)42-31(20-25-9-5-4-6-10-25)23-41-46-24-34(47)45-37(46)50/h4-19,23,31-33H,20-22,24H2,1-3H3,(H,42,48)(H,43,49)(H,44,51)(H,45,47,50)/b41-23+. The molecule has 0 radical (unpaired) electrons. The van der Waals surface area contributed by atoms with Crippen molar-refractivity contribution < 1.29 is 28.7 Å². The number of carbonyl (C=O) groups is 5. The SMILES string of the molecule is CC(C)(C)OC(=O)NC(Cc1ccc(Br)cc1)C(=O)NC(Cc1ccc2ccccc2c1)C(=O)NC(/C=N/N1CC(=O)NC1=O)Cc1ccccc1. The fourth-order valence-corrected chi connectivity index (χ4v) is 5.84. The molecule has 0 bridgehead atoms. The van der Waals surface area contributed by atoms with Gasteiger partial charge in [-0.05, 0) is 66.8 Å². The topological polar surface area (TPSA) is 158 Å². The highest BCUT2D eigenvalue weighted by Crippen LogP contribution is 2.18. The number of rotatable bonds is 13. The number of hydrazone groups is 1. The minimum atomic E-state index is -1.09. The van der Waals surface area contributed by atoms with Crippen LogP contribution in [0, 0.1) is 0 Å². The van der Waals surface area contributed by atoms with Crippen molar-refractivity contribution in [3.05, 3.63) is 118 Å². The number of alkyl carbamates (subject to hydrolysis) is 1. The highest BCUT2D eigenvalue weighted by Gasteiger charge is 2.31. The molecule has 4 N–H and O–H groups in total. The van der Waals surface area contributed by atoms with E-state index in [4.69, 9.17) is 4.74 Å². The van der Waals surface area contributed by atoms with Crippen molar-refractivity contribution in [2.45, 2.75) is 63.8 Å². The van der Waals surface area contributed by atoms with Crippen molar-refractivity contribution in [3.63, 3.8) is 0 Å². The molecule has 52 heavy (non-hydrogen) atoms. The molecule has 1 aliphatic heterocycles. The summed E-state index contributed by atoms with van der Waals surface area (Å²) in [5.74, 6) is -1.59. The number of halogens is 1. The van der Waals surface area contributed by atoms with Crippen molar-refractivity contribution in [2.75, 3.05) is 6.54 Å². The fraction of sp³-hybridized carbons (Fsp3) is 0.282. The second-order valence-electron chi connectivity index (χ2n) is 13.5. The van der Waals surface area contributed by atoms with Gasteiger partial charge in [0.15, 0.2) is 0 Å². The molecule has 0 spiro atoms. The number of hydrogen-bond acceptors (Lipinski definition) is 7. The zero-order valence-corrected chi connectivity index (χ0v) is 30.7. The van der Waals surface area contributed by atoms with Gasteiger partial charge in [-0.15, -0.1) is 0 Å². The van der Waals surface area contributed by atoms with Crippen molar-refractivity contribution in [3.8, 4) is 0 Å². The molecule has 4 aromatic rings. The Kier molecular flexibility index (Phi) is 12.4. The molecule has 5 rings (SSSR count). The summed E-state index contributed by atoms with van der Waals surface area (Å²) in [6, 6.07) is 26.8. The Bertz CT molecular complexity index is 1950. The zero-order valence-electron chi connectivity index (χ0n) is 29.1. The van der Waals surface area contributed by atoms with Crippen molar-refractivity contribution in [1.82, 2.24) is 26.3 Å². The molecule has 1 fully saturated rings. The molecule has 3 unspecified atom stereocenters. The van der Waals surface area contributed by atoms with Gasteiger partial charge in [0.2, 0.25) is 17.7 Å². The van der Waals surface area contributed by atoms with Gasteiger partial charge in [0.1, 0.15) is 24.2 Å². The lowest BCUT2D eigenvalue weighted by molar-refractivity contribution is -0.130. The molecule has 0 aliphatic carbocycles. The predicted molar refractivity (Wildman–Crippen MR) is 201 cm³/mol. The molecule has 270 valence electrons. The van der Waals surface area contributed by atoms with E-state index in [1.54, 1.807) is 20.8 Å². The van der Waals surface area contributed by atoms with Crippen LogP contribution in [0.1, 0.15) is 37.5 Å². The second kappa shape index (κ2) is 17.1. The van der Waals surface area contributed by atoms with Gasteiger partial charge in [0.05, 0.1) is 6.04 Å². The molecule has 6 amide bonds. The van der Waals surface area contributed by atoms with Crippen molar-refractivity contribution >= 4 is 62.8 Å². The first-order valence-corrected chi connectivity index (χ1v) is 17.6. The molecule has 1 saturated heterocycles. The lowest BCUT2D eigenvalue weighted by Crippen LogP contribution is -2.56. The van der Waals surface area contributed by atoms with Gasteiger partial charge < -0.3 is 20.7 Å². The largest absolute Gasteiger partial charge is 0.444 e. The number of fused-ring (bicyclic) bond motifs is 1. The molecule has 1 heterocycles. The Morgan fingerprint density at radius 1 is 0.788 bits per heavy atom. The average molecular weight is 770 g/mol. The monoisotopic (exact) mass is 768 g/mol. The molecule has 0 saturated carbocycles. The van der Waals surface area contributed by atoms with E-state index in [9.17, 15) is 24.0 Å². The predicted octanol–water partition coefficient (Wildman–Crippen LogP) is 5.03. The minimum Gasteiger partial charge on any atom is -0.444 e. The summed E-state index contributed by atoms with van der Waals surface area (Å²) in [5.41, 5.74) is 1.65. The lowest BCUT2D eigenvalue weighted by Gasteiger charge is -2.26. The van der Waals surface area contributed by atoms with Crippen LogP contribution >= 0.6 is 15.9 Å². The Hall–Kier alpha value is -5.56. The third-order valence-corrected chi connectivity index (χ3v) is 8.56. The molecule has 1 aliphatic rings. The van der Waals surface area contributed by atoms with Crippen LogP contribution in [0.3, 0.4) is 0 Å². The second-order valence-corrected chi connectivity index (χ2v) is 14.4. The normalized spacial score (nSPS) is 14.8. The number of imide groups is 1. The number of carbonyl (C=O) groups excluding carboxylic acids is 5. The van der Waals surface area contributed by atoms with Gasteiger partial charge in [0.25, 0.3) is 0 Å². The first kappa shape index (κ1) is 37.7. The van der Waals surface area contributed by atoms with Crippen molar-refractivity contribution in [1.29, 1.82) is 0 Å². The fourth-order valence-electron chi connectivity index (χ4n) is 5.58. The van der Waals surface area contributed by atoms with Crippen LogP contribution in [0.25, 0.3) is 10.8 Å². The van der Waals surface area contributed by atoms with Crippen LogP contribution in [0.15, 0.2) is 107 Å². The van der Waals surface area contributed by atoms with Crippen LogP contribution in [-0.2, 0) is 38.4 Å². The Labute approximate surface area is 310 Å². The molecule has 0 aromatic heterocycles. The number of urea groups is 1. The molecule has 3 atom stereocenters. The Balaban J connectivity index is 1.43. The minimum absolute atomic E-state index is 0.123. The van der Waals surface area contributed by atoms with Gasteiger partial charge in [-0.2, -0.15) is 5.10 Å². The molecule has 4 aromatic carbocycles. The maximum atomic E-state index is 14.2. The summed E-state index contributed by atoms with van der Waals surface area (Å²) in [4.78, 5) is 65.2. The third kappa shape index (κ3) is 11.2. The van der Waals surface area contributed by atoms with E-state index in [2.05, 4.69) is 42.3 Å². The van der Waals surface area contributed by atoms with Crippen molar-refractivity contribution in [2.24, 2.45) is 5.10 Å². The van der Waals surface area contributed by atoms with E-state index in [-0.39, 0.29) is 19.4 Å². The number of benzene rings is 4. The summed E-state index contributed by atoms with van der Waals surface area (Å²) in [5, 5.41) is 17.9. The highest BCUT2D eigenvalue weighted by atomic mass is 79.9. The quantitative estimate of drug-likeness (QED) is 0.110. The highest BCUT2D eigenvalue weighted by molar-refractivity contribution is 9.10. The average Bonchev–Trinajstić information content (AvgIpc) is 3.43. The number of hydrogen-bond donors (Lipinski definition) is 4. The molecule has 13 heteroatoms. The molecular formula is C39H41BrN6O6. The Morgan fingerprint density at radius 2 is 1.38 bits per heavy atom. The van der Waals surface area contributed by atoms with Gasteiger partial charge >= 0.3 is 12.1 Å². The maximum Gasteiger partial charge on any atom is 0.408 e. The summed E-state index contributed by atoms with van der Waals surface area (Å²) in [6.45, 7) is 4.93. The first-order valence-electron chi connectivity index (χ1n) is 16.8. The first-order chi connectivity index (χ1) is 24.8.